The van der Waals surface area contributed by atoms with Crippen LogP contribution < -0.4 is 15.8 Å². The van der Waals surface area contributed by atoms with Crippen LogP contribution in [0, 0.1) is 6.92 Å². The lowest BCUT2D eigenvalue weighted by atomic mass is 10.2. The van der Waals surface area contributed by atoms with Gasteiger partial charge >= 0.3 is 6.09 Å². The third-order valence-electron chi connectivity index (χ3n) is 2.95. The summed E-state index contributed by atoms with van der Waals surface area (Å²) in [7, 11) is 0. The summed E-state index contributed by atoms with van der Waals surface area (Å²) < 4.78 is 6.44. The third kappa shape index (κ3) is 5.98. The number of carbonyl (C=O) groups is 1. The van der Waals surface area contributed by atoms with E-state index in [0.29, 0.717) is 10.1 Å². The van der Waals surface area contributed by atoms with Crippen molar-refractivity contribution in [1.82, 2.24) is 5.43 Å². The molecule has 0 aliphatic rings. The zero-order chi connectivity index (χ0) is 18.6. The van der Waals surface area contributed by atoms with Crippen molar-refractivity contribution in [2.75, 3.05) is 10.3 Å². The van der Waals surface area contributed by atoms with Crippen LogP contribution in [-0.2, 0) is 4.74 Å². The summed E-state index contributed by atoms with van der Waals surface area (Å²) in [6.45, 7) is 7.43. The highest BCUT2D eigenvalue weighted by atomic mass is 79.9. The molecule has 5 nitrogen and oxygen atoms in total. The van der Waals surface area contributed by atoms with Crippen LogP contribution in [-0.4, -0.2) is 16.8 Å². The molecule has 0 bridgehead atoms. The first-order valence-corrected chi connectivity index (χ1v) is 9.64. The van der Waals surface area contributed by atoms with Crippen LogP contribution in [0.25, 0.3) is 0 Å². The number of hydrogen-bond acceptors (Lipinski definition) is 4. The zero-order valence-electron chi connectivity index (χ0n) is 14.4. The Labute approximate surface area is 165 Å². The van der Waals surface area contributed by atoms with Crippen molar-refractivity contribution in [3.05, 3.63) is 45.7 Å². The standard InChI is InChI=1S/C17H20BrN3O2S2/c1-11-10-12(18)7-8-13(11)19-15(24)20-21(14-6-5-9-25-14)16(22)23-17(2,3)4/h5-10H,1-4H3,(H2,19,20,24). The summed E-state index contributed by atoms with van der Waals surface area (Å²) in [4.78, 5) is 12.5. The van der Waals surface area contributed by atoms with Crippen LogP contribution in [0.4, 0.5) is 15.5 Å². The molecular formula is C17H20BrN3O2S2. The van der Waals surface area contributed by atoms with Gasteiger partial charge in [0.05, 0.1) is 0 Å². The van der Waals surface area contributed by atoms with Gasteiger partial charge in [-0.1, -0.05) is 15.9 Å². The van der Waals surface area contributed by atoms with Gasteiger partial charge in [0, 0.05) is 10.2 Å². The third-order valence-corrected chi connectivity index (χ3v) is 4.49. The maximum Gasteiger partial charge on any atom is 0.434 e. The quantitative estimate of drug-likeness (QED) is 0.478. The minimum Gasteiger partial charge on any atom is -0.442 e. The first kappa shape index (κ1) is 19.7. The second kappa shape index (κ2) is 8.16. The van der Waals surface area contributed by atoms with Crippen LogP contribution >= 0.6 is 39.5 Å². The smallest absolute Gasteiger partial charge is 0.434 e. The molecular weight excluding hydrogens is 422 g/mol. The first-order valence-electron chi connectivity index (χ1n) is 7.56. The minimum absolute atomic E-state index is 0.296. The number of ether oxygens (including phenoxy) is 1. The van der Waals surface area contributed by atoms with Crippen LogP contribution in [0.3, 0.4) is 0 Å². The number of amides is 1. The van der Waals surface area contributed by atoms with Gasteiger partial charge in [-0.2, -0.15) is 5.01 Å². The van der Waals surface area contributed by atoms with E-state index in [0.717, 1.165) is 15.7 Å². The average molecular weight is 442 g/mol. The van der Waals surface area contributed by atoms with Gasteiger partial charge in [0.2, 0.25) is 0 Å². The summed E-state index contributed by atoms with van der Waals surface area (Å²) in [5.41, 5.74) is 4.19. The van der Waals surface area contributed by atoms with Gasteiger partial charge in [-0.25, -0.2) is 4.79 Å². The highest BCUT2D eigenvalue weighted by molar-refractivity contribution is 9.10. The Bertz CT molecular complexity index is 758. The summed E-state index contributed by atoms with van der Waals surface area (Å²) in [6.07, 6.45) is -0.522. The number of anilines is 2. The Hall–Kier alpha value is -1.64. The molecule has 2 aromatic rings. The molecule has 8 heteroatoms. The van der Waals surface area contributed by atoms with Gasteiger partial charge in [-0.3, -0.25) is 5.43 Å². The van der Waals surface area contributed by atoms with E-state index in [9.17, 15) is 4.79 Å². The van der Waals surface area contributed by atoms with E-state index in [1.54, 1.807) is 0 Å². The molecule has 0 aliphatic carbocycles. The number of rotatable bonds is 2. The normalized spacial score (nSPS) is 10.9. The molecule has 1 aromatic heterocycles. The van der Waals surface area contributed by atoms with E-state index < -0.39 is 11.7 Å². The number of carbonyl (C=O) groups excluding carboxylic acids is 1. The van der Waals surface area contributed by atoms with Crippen molar-refractivity contribution < 1.29 is 9.53 Å². The fraction of sp³-hybridized carbons (Fsp3) is 0.294. The zero-order valence-corrected chi connectivity index (χ0v) is 17.6. The van der Waals surface area contributed by atoms with Crippen molar-refractivity contribution in [3.8, 4) is 0 Å². The van der Waals surface area contributed by atoms with Gasteiger partial charge in [0.15, 0.2) is 5.11 Å². The van der Waals surface area contributed by atoms with Crippen molar-refractivity contribution in [1.29, 1.82) is 0 Å². The van der Waals surface area contributed by atoms with E-state index >= 15 is 0 Å². The summed E-state index contributed by atoms with van der Waals surface area (Å²) in [5, 5.41) is 7.27. The van der Waals surface area contributed by atoms with Gasteiger partial charge < -0.3 is 10.1 Å². The molecule has 25 heavy (non-hydrogen) atoms. The second-order valence-corrected chi connectivity index (χ2v) is 8.54. The molecule has 0 saturated carbocycles. The lowest BCUT2D eigenvalue weighted by molar-refractivity contribution is 0.0572. The van der Waals surface area contributed by atoms with E-state index in [2.05, 4.69) is 26.7 Å². The van der Waals surface area contributed by atoms with Crippen molar-refractivity contribution in [3.63, 3.8) is 0 Å². The number of benzene rings is 1. The topological polar surface area (TPSA) is 53.6 Å². The molecule has 0 radical (unpaired) electrons. The minimum atomic E-state index is -0.606. The Morgan fingerprint density at radius 3 is 2.60 bits per heavy atom. The second-order valence-electron chi connectivity index (χ2n) is 6.29. The first-order chi connectivity index (χ1) is 11.7. The van der Waals surface area contributed by atoms with E-state index in [4.69, 9.17) is 17.0 Å². The van der Waals surface area contributed by atoms with Crippen LogP contribution in [0.5, 0.6) is 0 Å². The molecule has 0 aliphatic heterocycles. The predicted octanol–water partition coefficient (Wildman–Crippen LogP) is 5.46. The lowest BCUT2D eigenvalue weighted by Gasteiger charge is -2.27. The van der Waals surface area contributed by atoms with Crippen molar-refractivity contribution >= 4 is 61.4 Å². The monoisotopic (exact) mass is 441 g/mol. The molecule has 134 valence electrons. The highest BCUT2D eigenvalue weighted by Crippen LogP contribution is 2.23. The average Bonchev–Trinajstić information content (AvgIpc) is 3.00. The number of nitrogens with one attached hydrogen (secondary N) is 2. The summed E-state index contributed by atoms with van der Waals surface area (Å²) in [6, 6.07) is 9.48. The number of aryl methyl sites for hydroxylation is 1. The van der Waals surface area contributed by atoms with Gasteiger partial charge in [-0.15, -0.1) is 11.3 Å². The maximum absolute atomic E-state index is 12.5. The molecule has 1 aromatic carbocycles. The number of thiocarbonyl (C=S) groups is 1. The molecule has 1 amide bonds. The van der Waals surface area contributed by atoms with Crippen LogP contribution in [0.1, 0.15) is 26.3 Å². The Kier molecular flexibility index (Phi) is 6.42. The predicted molar refractivity (Wildman–Crippen MR) is 111 cm³/mol. The molecule has 0 fully saturated rings. The molecule has 0 unspecified atom stereocenters. The fourth-order valence-electron chi connectivity index (χ4n) is 1.91. The van der Waals surface area contributed by atoms with E-state index in [-0.39, 0.29) is 0 Å². The van der Waals surface area contributed by atoms with Gasteiger partial charge in [0.25, 0.3) is 0 Å². The van der Waals surface area contributed by atoms with E-state index in [1.807, 2.05) is 63.4 Å². The number of thiophene rings is 1. The lowest BCUT2D eigenvalue weighted by Crippen LogP contribution is -2.49. The number of nitrogens with zero attached hydrogens (tertiary/aromatic N) is 1. The van der Waals surface area contributed by atoms with Crippen LogP contribution in [0.2, 0.25) is 0 Å². The summed E-state index contributed by atoms with van der Waals surface area (Å²) >= 11 is 10.2. The maximum atomic E-state index is 12.5. The number of hydrazine groups is 1. The van der Waals surface area contributed by atoms with Crippen molar-refractivity contribution in [2.45, 2.75) is 33.3 Å². The SMILES string of the molecule is Cc1cc(Br)ccc1NC(=S)NN(C(=O)OC(C)(C)C)c1cccs1. The molecule has 0 atom stereocenters. The van der Waals surface area contributed by atoms with Gasteiger partial charge in [0.1, 0.15) is 10.6 Å². The molecule has 2 rings (SSSR count). The molecule has 1 heterocycles. The van der Waals surface area contributed by atoms with E-state index in [1.165, 1.54) is 16.3 Å². The number of hydrogen-bond donors (Lipinski definition) is 2. The number of halogens is 1. The Morgan fingerprint density at radius 2 is 2.04 bits per heavy atom. The molecule has 2 N–H and O–H groups in total. The van der Waals surface area contributed by atoms with Crippen molar-refractivity contribution in [2.24, 2.45) is 0 Å². The Morgan fingerprint density at radius 1 is 1.32 bits per heavy atom. The van der Waals surface area contributed by atoms with Gasteiger partial charge in [-0.05, 0) is 81.2 Å². The Balaban J connectivity index is 2.13. The molecule has 0 saturated heterocycles. The summed E-state index contributed by atoms with van der Waals surface area (Å²) in [5.74, 6) is 0. The fourth-order valence-corrected chi connectivity index (χ4v) is 3.27. The highest BCUT2D eigenvalue weighted by Gasteiger charge is 2.25. The molecule has 0 spiro atoms. The van der Waals surface area contributed by atoms with Crippen LogP contribution in [0.15, 0.2) is 40.2 Å². The largest absolute Gasteiger partial charge is 0.442 e.